The van der Waals surface area contributed by atoms with Crippen molar-refractivity contribution in [1.29, 1.82) is 0 Å². The Hall–Kier alpha value is -0.950. The van der Waals surface area contributed by atoms with Crippen molar-refractivity contribution in [2.45, 2.75) is 24.8 Å². The molecule has 5 nitrogen and oxygen atoms in total. The Labute approximate surface area is 122 Å². The van der Waals surface area contributed by atoms with Gasteiger partial charge >= 0.3 is 0 Å². The van der Waals surface area contributed by atoms with Crippen LogP contribution in [0.4, 0.5) is 0 Å². The van der Waals surface area contributed by atoms with E-state index in [2.05, 4.69) is 14.9 Å². The van der Waals surface area contributed by atoms with Gasteiger partial charge in [0.05, 0.1) is 4.90 Å². The van der Waals surface area contributed by atoms with Crippen LogP contribution >= 0.6 is 0 Å². The summed E-state index contributed by atoms with van der Waals surface area (Å²) in [5.74, 6) is 0. The van der Waals surface area contributed by atoms with Gasteiger partial charge in [0.25, 0.3) is 0 Å². The first-order valence-corrected chi connectivity index (χ1v) is 8.34. The van der Waals surface area contributed by atoms with Gasteiger partial charge < -0.3 is 10.2 Å². The first-order chi connectivity index (χ1) is 9.40. The van der Waals surface area contributed by atoms with Crippen LogP contribution in [0.5, 0.6) is 0 Å². The summed E-state index contributed by atoms with van der Waals surface area (Å²) in [6.07, 6.45) is 0. The van der Waals surface area contributed by atoms with E-state index < -0.39 is 10.0 Å². The van der Waals surface area contributed by atoms with Crippen LogP contribution in [-0.2, 0) is 10.0 Å². The van der Waals surface area contributed by atoms with Gasteiger partial charge in [-0.1, -0.05) is 19.1 Å². The minimum absolute atomic E-state index is 0.206. The average Bonchev–Trinajstić information content (AvgIpc) is 2.46. The van der Waals surface area contributed by atoms with Crippen molar-refractivity contribution in [1.82, 2.24) is 14.9 Å². The topological polar surface area (TPSA) is 61.4 Å². The molecule has 1 rings (SSSR count). The molecular weight excluding hydrogens is 274 g/mol. The maximum atomic E-state index is 12.1. The second kappa shape index (κ2) is 7.73. The highest BCUT2D eigenvalue weighted by atomic mass is 32.2. The lowest BCUT2D eigenvalue weighted by Gasteiger charge is -2.15. The smallest absolute Gasteiger partial charge is 0.240 e. The highest BCUT2D eigenvalue weighted by Crippen LogP contribution is 2.15. The standard InChI is InChI=1S/C14H25N3O2S/c1-5-17(4)11-10-16-20(18,19)14-8-6-13(7-9-14)12(2)15-3/h6-9,12,15-16H,5,10-11H2,1-4H3. The van der Waals surface area contributed by atoms with Crippen LogP contribution in [0, 0.1) is 0 Å². The normalized spacial score (nSPS) is 13.7. The molecule has 0 saturated carbocycles. The van der Waals surface area contributed by atoms with Crippen molar-refractivity contribution in [2.75, 3.05) is 33.7 Å². The summed E-state index contributed by atoms with van der Waals surface area (Å²) in [6, 6.07) is 7.18. The summed E-state index contributed by atoms with van der Waals surface area (Å²) in [6.45, 7) is 6.09. The molecule has 0 heterocycles. The molecule has 20 heavy (non-hydrogen) atoms. The van der Waals surface area contributed by atoms with Gasteiger partial charge in [0.1, 0.15) is 0 Å². The molecule has 0 amide bonds. The summed E-state index contributed by atoms with van der Waals surface area (Å²) in [5.41, 5.74) is 1.07. The highest BCUT2D eigenvalue weighted by Gasteiger charge is 2.14. The molecule has 1 aromatic rings. The Kier molecular flexibility index (Phi) is 6.61. The molecule has 6 heteroatoms. The van der Waals surface area contributed by atoms with Crippen LogP contribution in [0.1, 0.15) is 25.5 Å². The maximum absolute atomic E-state index is 12.1. The molecule has 0 bridgehead atoms. The minimum Gasteiger partial charge on any atom is -0.313 e. The molecule has 1 atom stereocenters. The number of hydrogen-bond acceptors (Lipinski definition) is 4. The number of likely N-dealkylation sites (N-methyl/N-ethyl adjacent to an activating group) is 1. The fraction of sp³-hybridized carbons (Fsp3) is 0.571. The van der Waals surface area contributed by atoms with Crippen LogP contribution in [0.3, 0.4) is 0 Å². The lowest BCUT2D eigenvalue weighted by molar-refractivity contribution is 0.358. The van der Waals surface area contributed by atoms with Crippen LogP contribution in [0.15, 0.2) is 29.2 Å². The van der Waals surface area contributed by atoms with Gasteiger partial charge in [0, 0.05) is 19.1 Å². The third-order valence-corrected chi connectivity index (χ3v) is 4.93. The second-order valence-electron chi connectivity index (χ2n) is 4.87. The zero-order chi connectivity index (χ0) is 15.2. The van der Waals surface area contributed by atoms with Crippen LogP contribution in [0.2, 0.25) is 0 Å². The Morgan fingerprint density at radius 3 is 2.35 bits per heavy atom. The Morgan fingerprint density at radius 1 is 1.25 bits per heavy atom. The number of nitrogens with one attached hydrogen (secondary N) is 2. The van der Waals surface area contributed by atoms with E-state index in [1.165, 1.54) is 0 Å². The number of rotatable bonds is 8. The number of nitrogens with zero attached hydrogens (tertiary/aromatic N) is 1. The van der Waals surface area contributed by atoms with Gasteiger partial charge in [-0.3, -0.25) is 0 Å². The van der Waals surface area contributed by atoms with Crippen molar-refractivity contribution in [3.63, 3.8) is 0 Å². The van der Waals surface area contributed by atoms with Gasteiger partial charge in [-0.15, -0.1) is 0 Å². The van der Waals surface area contributed by atoms with Crippen LogP contribution in [0.25, 0.3) is 0 Å². The Balaban J connectivity index is 2.68. The van der Waals surface area contributed by atoms with E-state index >= 15 is 0 Å². The zero-order valence-electron chi connectivity index (χ0n) is 12.7. The molecule has 1 unspecified atom stereocenters. The summed E-state index contributed by atoms with van der Waals surface area (Å²) in [7, 11) is 0.426. The molecule has 1 aromatic carbocycles. The lowest BCUT2D eigenvalue weighted by atomic mass is 10.1. The molecule has 0 radical (unpaired) electrons. The average molecular weight is 299 g/mol. The number of benzene rings is 1. The number of sulfonamides is 1. The predicted molar refractivity (Wildman–Crippen MR) is 82.3 cm³/mol. The van der Waals surface area contributed by atoms with E-state index in [1.807, 2.05) is 40.1 Å². The minimum atomic E-state index is -3.41. The lowest BCUT2D eigenvalue weighted by Crippen LogP contribution is -2.32. The fourth-order valence-corrected chi connectivity index (χ4v) is 2.74. The highest BCUT2D eigenvalue weighted by molar-refractivity contribution is 7.89. The molecule has 0 aliphatic heterocycles. The van der Waals surface area contributed by atoms with Crippen molar-refractivity contribution in [3.8, 4) is 0 Å². The Morgan fingerprint density at radius 2 is 1.85 bits per heavy atom. The van der Waals surface area contributed by atoms with Crippen molar-refractivity contribution in [3.05, 3.63) is 29.8 Å². The zero-order valence-corrected chi connectivity index (χ0v) is 13.5. The molecule has 0 spiro atoms. The molecule has 114 valence electrons. The fourth-order valence-electron chi connectivity index (χ4n) is 1.71. The number of hydrogen-bond donors (Lipinski definition) is 2. The first kappa shape index (κ1) is 17.1. The first-order valence-electron chi connectivity index (χ1n) is 6.86. The van der Waals surface area contributed by atoms with Gasteiger partial charge in [-0.2, -0.15) is 0 Å². The van der Waals surface area contributed by atoms with E-state index in [0.29, 0.717) is 18.0 Å². The van der Waals surface area contributed by atoms with E-state index in [4.69, 9.17) is 0 Å². The molecule has 0 fully saturated rings. The van der Waals surface area contributed by atoms with Crippen molar-refractivity contribution in [2.24, 2.45) is 0 Å². The monoisotopic (exact) mass is 299 g/mol. The maximum Gasteiger partial charge on any atom is 0.240 e. The van der Waals surface area contributed by atoms with E-state index in [1.54, 1.807) is 12.1 Å². The molecule has 0 aliphatic rings. The van der Waals surface area contributed by atoms with E-state index in [9.17, 15) is 8.42 Å². The summed E-state index contributed by atoms with van der Waals surface area (Å²) < 4.78 is 26.8. The van der Waals surface area contributed by atoms with Gasteiger partial charge in [-0.05, 0) is 45.3 Å². The van der Waals surface area contributed by atoms with Crippen LogP contribution < -0.4 is 10.0 Å². The Bertz CT molecular complexity index is 500. The van der Waals surface area contributed by atoms with Crippen molar-refractivity contribution >= 4 is 10.0 Å². The molecule has 0 saturated heterocycles. The summed E-state index contributed by atoms with van der Waals surface area (Å²) in [5, 5.41) is 3.12. The molecule has 2 N–H and O–H groups in total. The van der Waals surface area contributed by atoms with E-state index in [-0.39, 0.29) is 6.04 Å². The largest absolute Gasteiger partial charge is 0.313 e. The second-order valence-corrected chi connectivity index (χ2v) is 6.64. The van der Waals surface area contributed by atoms with Crippen LogP contribution in [-0.4, -0.2) is 47.0 Å². The summed E-state index contributed by atoms with van der Waals surface area (Å²) >= 11 is 0. The molecule has 0 aromatic heterocycles. The quantitative estimate of drug-likeness (QED) is 0.757. The van der Waals surface area contributed by atoms with Gasteiger partial charge in [0.15, 0.2) is 0 Å². The van der Waals surface area contributed by atoms with Gasteiger partial charge in [0.2, 0.25) is 10.0 Å². The molecule has 0 aliphatic carbocycles. The molecular formula is C14H25N3O2S. The third kappa shape index (κ3) is 4.86. The SMILES string of the molecule is CCN(C)CCNS(=O)(=O)c1ccc(C(C)NC)cc1. The van der Waals surface area contributed by atoms with Gasteiger partial charge in [-0.25, -0.2) is 13.1 Å². The van der Waals surface area contributed by atoms with Crippen molar-refractivity contribution < 1.29 is 8.42 Å². The summed E-state index contributed by atoms with van der Waals surface area (Å²) in [4.78, 5) is 2.36. The van der Waals surface area contributed by atoms with E-state index in [0.717, 1.165) is 12.1 Å². The third-order valence-electron chi connectivity index (χ3n) is 3.45. The predicted octanol–water partition coefficient (Wildman–Crippen LogP) is 1.20.